The van der Waals surface area contributed by atoms with Gasteiger partial charge in [-0.25, -0.2) is 4.39 Å². The highest BCUT2D eigenvalue weighted by atomic mass is 19.1. The predicted octanol–water partition coefficient (Wildman–Crippen LogP) is 0.872. The van der Waals surface area contributed by atoms with Crippen LogP contribution in [0.4, 0.5) is 4.39 Å². The highest BCUT2D eigenvalue weighted by molar-refractivity contribution is 5.14. The van der Waals surface area contributed by atoms with Gasteiger partial charge >= 0.3 is 0 Å². The van der Waals surface area contributed by atoms with Gasteiger partial charge in [0.05, 0.1) is 0 Å². The number of hydrogen-bond donors (Lipinski definition) is 1. The smallest absolute Gasteiger partial charge is 0.186 e. The SMILES string of the molecule is [O-][n+]1cccc(C(O)C2(F)CCOCC2)c1. The molecule has 0 bridgehead atoms. The first-order valence-electron chi connectivity index (χ1n) is 5.25. The zero-order chi connectivity index (χ0) is 11.6. The molecule has 16 heavy (non-hydrogen) atoms. The average Bonchev–Trinajstić information content (AvgIpc) is 2.29. The lowest BCUT2D eigenvalue weighted by Gasteiger charge is -2.33. The fourth-order valence-electron chi connectivity index (χ4n) is 1.92. The maximum absolute atomic E-state index is 14.3. The third kappa shape index (κ3) is 2.15. The maximum atomic E-state index is 14.3. The van der Waals surface area contributed by atoms with E-state index in [0.717, 1.165) is 0 Å². The van der Waals surface area contributed by atoms with Crippen LogP contribution in [0.25, 0.3) is 0 Å². The van der Waals surface area contributed by atoms with Crippen molar-refractivity contribution in [3.8, 4) is 0 Å². The third-order valence-electron chi connectivity index (χ3n) is 2.93. The Labute approximate surface area is 92.9 Å². The lowest BCUT2D eigenvalue weighted by molar-refractivity contribution is -0.606. The molecule has 1 unspecified atom stereocenters. The molecule has 1 aromatic heterocycles. The number of halogens is 1. The summed E-state index contributed by atoms with van der Waals surface area (Å²) in [4.78, 5) is 0. The Hall–Kier alpha value is -1.20. The Balaban J connectivity index is 2.20. The van der Waals surface area contributed by atoms with E-state index in [0.29, 0.717) is 23.5 Å². The van der Waals surface area contributed by atoms with Gasteiger partial charge in [0.1, 0.15) is 11.8 Å². The lowest BCUT2D eigenvalue weighted by atomic mass is 9.87. The van der Waals surface area contributed by atoms with E-state index in [9.17, 15) is 14.7 Å². The van der Waals surface area contributed by atoms with Gasteiger partial charge in [-0.3, -0.25) is 0 Å². The van der Waals surface area contributed by atoms with Crippen molar-refractivity contribution in [3.63, 3.8) is 0 Å². The number of ether oxygens (including phenoxy) is 1. The van der Waals surface area contributed by atoms with Crippen molar-refractivity contribution in [1.82, 2.24) is 0 Å². The monoisotopic (exact) mass is 227 g/mol. The highest BCUT2D eigenvalue weighted by Crippen LogP contribution is 2.37. The molecule has 1 fully saturated rings. The van der Waals surface area contributed by atoms with Crippen molar-refractivity contribution in [2.75, 3.05) is 13.2 Å². The standard InChI is InChI=1S/C11H14FNO3/c12-11(3-6-16-7-4-11)10(14)9-2-1-5-13(15)8-9/h1-2,5,8,10,14H,3-4,6-7H2. The molecular weight excluding hydrogens is 213 g/mol. The van der Waals surface area contributed by atoms with Crippen molar-refractivity contribution in [2.45, 2.75) is 24.6 Å². The molecule has 1 aromatic rings. The van der Waals surface area contributed by atoms with E-state index in [1.54, 1.807) is 6.07 Å². The van der Waals surface area contributed by atoms with Crippen molar-refractivity contribution in [1.29, 1.82) is 0 Å². The van der Waals surface area contributed by atoms with Gasteiger partial charge in [-0.15, -0.1) is 0 Å². The Morgan fingerprint density at radius 1 is 1.50 bits per heavy atom. The van der Waals surface area contributed by atoms with Crippen LogP contribution in [0.3, 0.4) is 0 Å². The summed E-state index contributed by atoms with van der Waals surface area (Å²) >= 11 is 0. The molecule has 0 spiro atoms. The number of rotatable bonds is 2. The summed E-state index contributed by atoms with van der Waals surface area (Å²) < 4.78 is 20.0. The number of aliphatic hydroxyl groups is 1. The Morgan fingerprint density at radius 3 is 2.81 bits per heavy atom. The lowest BCUT2D eigenvalue weighted by Crippen LogP contribution is -2.39. The second kappa shape index (κ2) is 4.35. The maximum Gasteiger partial charge on any atom is 0.186 e. The molecule has 5 heteroatoms. The van der Waals surface area contributed by atoms with E-state index < -0.39 is 11.8 Å². The van der Waals surface area contributed by atoms with Gasteiger partial charge in [0.15, 0.2) is 12.4 Å². The largest absolute Gasteiger partial charge is 0.619 e. The first kappa shape index (κ1) is 11.3. The number of aromatic nitrogens is 1. The van der Waals surface area contributed by atoms with Crippen LogP contribution in [0, 0.1) is 5.21 Å². The Kier molecular flexibility index (Phi) is 3.07. The zero-order valence-corrected chi connectivity index (χ0v) is 8.80. The molecular formula is C11H14FNO3. The Bertz CT molecular complexity index is 366. The van der Waals surface area contributed by atoms with E-state index in [1.807, 2.05) is 0 Å². The molecule has 1 atom stereocenters. The molecule has 88 valence electrons. The fraction of sp³-hybridized carbons (Fsp3) is 0.545. The average molecular weight is 227 g/mol. The molecule has 0 aromatic carbocycles. The minimum atomic E-state index is -1.69. The van der Waals surface area contributed by atoms with Crippen LogP contribution in [-0.4, -0.2) is 24.0 Å². The first-order valence-corrected chi connectivity index (χ1v) is 5.25. The number of pyridine rings is 1. The number of nitrogens with zero attached hydrogens (tertiary/aromatic N) is 1. The van der Waals surface area contributed by atoms with Crippen molar-refractivity contribution >= 4 is 0 Å². The molecule has 0 saturated carbocycles. The fourth-order valence-corrected chi connectivity index (χ4v) is 1.92. The summed E-state index contributed by atoms with van der Waals surface area (Å²) in [5, 5.41) is 21.0. The number of hydrogen-bond acceptors (Lipinski definition) is 3. The summed E-state index contributed by atoms with van der Waals surface area (Å²) in [6, 6.07) is 3.05. The summed E-state index contributed by atoms with van der Waals surface area (Å²) in [7, 11) is 0. The summed E-state index contributed by atoms with van der Waals surface area (Å²) in [5.74, 6) is 0. The summed E-state index contributed by atoms with van der Waals surface area (Å²) in [6.07, 6.45) is 1.54. The van der Waals surface area contributed by atoms with E-state index in [-0.39, 0.29) is 12.8 Å². The van der Waals surface area contributed by atoms with Gasteiger partial charge in [0.2, 0.25) is 0 Å². The van der Waals surface area contributed by atoms with Gasteiger partial charge in [-0.1, -0.05) is 0 Å². The molecule has 1 saturated heterocycles. The van der Waals surface area contributed by atoms with Crippen molar-refractivity contribution < 1.29 is 19.0 Å². The molecule has 1 N–H and O–H groups in total. The van der Waals surface area contributed by atoms with Crippen molar-refractivity contribution in [2.24, 2.45) is 0 Å². The molecule has 1 aliphatic rings. The van der Waals surface area contributed by atoms with Crippen LogP contribution in [0.5, 0.6) is 0 Å². The van der Waals surface area contributed by atoms with Crippen LogP contribution >= 0.6 is 0 Å². The van der Waals surface area contributed by atoms with Gasteiger partial charge in [0.25, 0.3) is 0 Å². The van der Waals surface area contributed by atoms with Gasteiger partial charge in [0, 0.05) is 37.7 Å². The quantitative estimate of drug-likeness (QED) is 0.602. The van der Waals surface area contributed by atoms with E-state index in [1.165, 1.54) is 18.5 Å². The topological polar surface area (TPSA) is 56.4 Å². The minimum Gasteiger partial charge on any atom is -0.619 e. The summed E-state index contributed by atoms with van der Waals surface area (Å²) in [5.41, 5.74) is -1.38. The van der Waals surface area contributed by atoms with E-state index >= 15 is 0 Å². The molecule has 1 aliphatic heterocycles. The third-order valence-corrected chi connectivity index (χ3v) is 2.93. The highest BCUT2D eigenvalue weighted by Gasteiger charge is 2.41. The molecule has 0 amide bonds. The second-order valence-electron chi connectivity index (χ2n) is 4.05. The molecule has 2 heterocycles. The number of alkyl halides is 1. The van der Waals surface area contributed by atoms with Crippen LogP contribution in [0.15, 0.2) is 24.5 Å². The first-order chi connectivity index (χ1) is 7.62. The van der Waals surface area contributed by atoms with Gasteiger partial charge in [-0.2, -0.15) is 4.73 Å². The normalized spacial score (nSPS) is 21.6. The van der Waals surface area contributed by atoms with Crippen LogP contribution in [0.2, 0.25) is 0 Å². The van der Waals surface area contributed by atoms with Crippen LogP contribution < -0.4 is 4.73 Å². The molecule has 2 rings (SSSR count). The summed E-state index contributed by atoms with van der Waals surface area (Å²) in [6.45, 7) is 0.607. The van der Waals surface area contributed by atoms with E-state index in [2.05, 4.69) is 0 Å². The van der Waals surface area contributed by atoms with Crippen LogP contribution in [-0.2, 0) is 4.74 Å². The zero-order valence-electron chi connectivity index (χ0n) is 8.80. The number of aliphatic hydroxyl groups excluding tert-OH is 1. The minimum absolute atomic E-state index is 0.155. The predicted molar refractivity (Wildman–Crippen MR) is 54.3 cm³/mol. The van der Waals surface area contributed by atoms with Crippen molar-refractivity contribution in [3.05, 3.63) is 35.3 Å². The molecule has 0 aliphatic carbocycles. The Morgan fingerprint density at radius 2 is 2.19 bits per heavy atom. The van der Waals surface area contributed by atoms with E-state index in [4.69, 9.17) is 4.74 Å². The molecule has 0 radical (unpaired) electrons. The van der Waals surface area contributed by atoms with Gasteiger partial charge < -0.3 is 15.1 Å². The van der Waals surface area contributed by atoms with Gasteiger partial charge in [-0.05, 0) is 6.07 Å². The molecule has 4 nitrogen and oxygen atoms in total. The second-order valence-corrected chi connectivity index (χ2v) is 4.05. The van der Waals surface area contributed by atoms with Crippen LogP contribution in [0.1, 0.15) is 24.5 Å².